The standard InChI is InChI=1S/C34H34O11S2/c1-6-42-32(35)19-17-27-33(25-14-18-29(30(20-25)45-47(5,38)39)43-22-23-10-8-7-9-11-23)31(40-2)21-28(34(27)41-3)24-12-15-26(16-13-24)44-46(4,36)37/h7-21H,6,22H2,1-5H3. The lowest BCUT2D eigenvalue weighted by atomic mass is 9.91. The largest absolute Gasteiger partial charge is 0.496 e. The van der Waals surface area contributed by atoms with Gasteiger partial charge in [-0.1, -0.05) is 48.5 Å². The van der Waals surface area contributed by atoms with Crippen molar-refractivity contribution in [1.82, 2.24) is 0 Å². The van der Waals surface area contributed by atoms with Gasteiger partial charge >= 0.3 is 26.2 Å². The van der Waals surface area contributed by atoms with E-state index < -0.39 is 26.2 Å². The van der Waals surface area contributed by atoms with Crippen LogP contribution >= 0.6 is 0 Å². The highest BCUT2D eigenvalue weighted by molar-refractivity contribution is 7.86. The maximum Gasteiger partial charge on any atom is 0.330 e. The summed E-state index contributed by atoms with van der Waals surface area (Å²) in [6.45, 7) is 2.01. The fourth-order valence-corrected chi connectivity index (χ4v) is 5.58. The summed E-state index contributed by atoms with van der Waals surface area (Å²) in [5.74, 6) is 0.308. The van der Waals surface area contributed by atoms with Crippen molar-refractivity contribution < 1.29 is 48.9 Å². The van der Waals surface area contributed by atoms with E-state index in [0.717, 1.165) is 18.1 Å². The molecule has 0 radical (unpaired) electrons. The van der Waals surface area contributed by atoms with Crippen LogP contribution < -0.4 is 22.6 Å². The molecule has 0 aliphatic rings. The number of rotatable bonds is 14. The van der Waals surface area contributed by atoms with Gasteiger partial charge in [0.1, 0.15) is 23.9 Å². The summed E-state index contributed by atoms with van der Waals surface area (Å²) in [6, 6.07) is 22.1. The molecule has 0 saturated heterocycles. The summed E-state index contributed by atoms with van der Waals surface area (Å²) in [6.07, 6.45) is 4.63. The molecule has 0 heterocycles. The van der Waals surface area contributed by atoms with Gasteiger partial charge in [-0.25, -0.2) is 4.79 Å². The lowest BCUT2D eigenvalue weighted by molar-refractivity contribution is -0.137. The number of carbonyl (C=O) groups is 1. The fourth-order valence-electron chi connectivity index (χ4n) is 4.67. The van der Waals surface area contributed by atoms with Crippen molar-refractivity contribution in [3.05, 3.63) is 96.1 Å². The van der Waals surface area contributed by atoms with Crippen molar-refractivity contribution >= 4 is 32.3 Å². The molecule has 0 amide bonds. The zero-order valence-electron chi connectivity index (χ0n) is 26.4. The molecule has 0 atom stereocenters. The lowest BCUT2D eigenvalue weighted by Gasteiger charge is -2.21. The van der Waals surface area contributed by atoms with Crippen LogP contribution in [0.2, 0.25) is 0 Å². The summed E-state index contributed by atoms with van der Waals surface area (Å²) in [7, 11) is -4.78. The van der Waals surface area contributed by atoms with Crippen LogP contribution in [0.3, 0.4) is 0 Å². The van der Waals surface area contributed by atoms with Crippen LogP contribution in [0.5, 0.6) is 28.7 Å². The number of methoxy groups -OCH3 is 2. The van der Waals surface area contributed by atoms with E-state index >= 15 is 0 Å². The van der Waals surface area contributed by atoms with E-state index in [0.29, 0.717) is 39.3 Å². The Kier molecular flexibility index (Phi) is 11.2. The monoisotopic (exact) mass is 682 g/mol. The number of esters is 1. The van der Waals surface area contributed by atoms with E-state index in [-0.39, 0.29) is 30.5 Å². The van der Waals surface area contributed by atoms with E-state index in [1.165, 1.54) is 44.6 Å². The summed E-state index contributed by atoms with van der Waals surface area (Å²) in [4.78, 5) is 12.4. The number of carbonyl (C=O) groups excluding carboxylic acids is 1. The minimum absolute atomic E-state index is 0.0622. The Labute approximate surface area is 274 Å². The van der Waals surface area contributed by atoms with Gasteiger partial charge in [0.15, 0.2) is 11.5 Å². The van der Waals surface area contributed by atoms with Crippen molar-refractivity contribution in [3.63, 3.8) is 0 Å². The zero-order valence-corrected chi connectivity index (χ0v) is 28.0. The van der Waals surface area contributed by atoms with Gasteiger partial charge in [-0.2, -0.15) is 16.8 Å². The Hall–Kier alpha value is -5.01. The minimum atomic E-state index is -3.96. The van der Waals surface area contributed by atoms with Gasteiger partial charge in [0.2, 0.25) is 0 Å². The van der Waals surface area contributed by atoms with Crippen LogP contribution in [0.1, 0.15) is 18.1 Å². The third-order valence-electron chi connectivity index (χ3n) is 6.50. The van der Waals surface area contributed by atoms with Gasteiger partial charge in [-0.05, 0) is 60.0 Å². The predicted molar refractivity (Wildman–Crippen MR) is 178 cm³/mol. The predicted octanol–water partition coefficient (Wildman–Crippen LogP) is 5.87. The molecule has 0 N–H and O–H groups in total. The Morgan fingerprint density at radius 2 is 1.40 bits per heavy atom. The molecule has 0 aromatic heterocycles. The van der Waals surface area contributed by atoms with Crippen LogP contribution in [0.15, 0.2) is 84.9 Å². The number of hydrogen-bond donors (Lipinski definition) is 0. The second-order valence-corrected chi connectivity index (χ2v) is 13.2. The molecule has 47 heavy (non-hydrogen) atoms. The summed E-state index contributed by atoms with van der Waals surface area (Å²) in [5, 5.41) is 0. The summed E-state index contributed by atoms with van der Waals surface area (Å²) >= 11 is 0. The highest BCUT2D eigenvalue weighted by atomic mass is 32.2. The second-order valence-electron chi connectivity index (χ2n) is 10.1. The van der Waals surface area contributed by atoms with Crippen molar-refractivity contribution in [2.45, 2.75) is 13.5 Å². The van der Waals surface area contributed by atoms with E-state index in [9.17, 15) is 21.6 Å². The Morgan fingerprint density at radius 3 is 2.00 bits per heavy atom. The molecule has 4 aromatic rings. The van der Waals surface area contributed by atoms with Gasteiger partial charge in [-0.3, -0.25) is 0 Å². The molecular weight excluding hydrogens is 648 g/mol. The fraction of sp³-hybridized carbons (Fsp3) is 0.206. The Morgan fingerprint density at radius 1 is 0.745 bits per heavy atom. The summed E-state index contributed by atoms with van der Waals surface area (Å²) in [5.41, 5.74) is 3.32. The quantitative estimate of drug-likeness (QED) is 0.0896. The average molecular weight is 683 g/mol. The van der Waals surface area contributed by atoms with E-state index in [2.05, 4.69) is 0 Å². The Balaban J connectivity index is 1.92. The number of hydrogen-bond acceptors (Lipinski definition) is 11. The zero-order chi connectivity index (χ0) is 34.2. The molecule has 0 bridgehead atoms. The average Bonchev–Trinajstić information content (AvgIpc) is 3.02. The third kappa shape index (κ3) is 9.50. The van der Waals surface area contributed by atoms with Crippen molar-refractivity contribution in [3.8, 4) is 51.0 Å². The maximum atomic E-state index is 12.4. The molecule has 0 fully saturated rings. The van der Waals surface area contributed by atoms with Crippen molar-refractivity contribution in [1.29, 1.82) is 0 Å². The first-order valence-electron chi connectivity index (χ1n) is 14.2. The van der Waals surface area contributed by atoms with Crippen LogP contribution in [-0.2, 0) is 36.4 Å². The van der Waals surface area contributed by atoms with E-state index in [4.69, 9.17) is 27.3 Å². The van der Waals surface area contributed by atoms with E-state index in [1.807, 2.05) is 30.3 Å². The molecule has 4 aromatic carbocycles. The first-order chi connectivity index (χ1) is 22.3. The Bertz CT molecular complexity index is 1970. The van der Waals surface area contributed by atoms with Crippen LogP contribution in [0.4, 0.5) is 0 Å². The highest BCUT2D eigenvalue weighted by Gasteiger charge is 2.23. The normalized spacial score (nSPS) is 11.6. The molecule has 0 saturated carbocycles. The molecule has 4 rings (SSSR count). The van der Waals surface area contributed by atoms with Gasteiger partial charge in [0.25, 0.3) is 0 Å². The van der Waals surface area contributed by atoms with E-state index in [1.54, 1.807) is 37.3 Å². The number of benzene rings is 4. The lowest BCUT2D eigenvalue weighted by Crippen LogP contribution is -2.08. The minimum Gasteiger partial charge on any atom is -0.496 e. The van der Waals surface area contributed by atoms with Gasteiger partial charge in [0, 0.05) is 22.8 Å². The summed E-state index contributed by atoms with van der Waals surface area (Å²) < 4.78 is 80.8. The first kappa shape index (κ1) is 34.9. The third-order valence-corrected chi connectivity index (χ3v) is 7.48. The van der Waals surface area contributed by atoms with Crippen LogP contribution in [0.25, 0.3) is 28.3 Å². The molecule has 0 spiro atoms. The van der Waals surface area contributed by atoms with Crippen molar-refractivity contribution in [2.24, 2.45) is 0 Å². The van der Waals surface area contributed by atoms with Crippen molar-refractivity contribution in [2.75, 3.05) is 33.3 Å². The smallest absolute Gasteiger partial charge is 0.330 e. The topological polar surface area (TPSA) is 141 Å². The SMILES string of the molecule is CCOC(=O)C=Cc1c(OC)c(-c2ccc(OS(C)(=O)=O)cc2)cc(OC)c1-c1ccc(OCc2ccccc2)c(OS(C)(=O)=O)c1. The van der Waals surface area contributed by atoms with Gasteiger partial charge in [-0.15, -0.1) is 0 Å². The highest BCUT2D eigenvalue weighted by Crippen LogP contribution is 2.47. The van der Waals surface area contributed by atoms with Gasteiger partial charge < -0.3 is 27.3 Å². The van der Waals surface area contributed by atoms with Crippen LogP contribution in [-0.4, -0.2) is 56.1 Å². The molecule has 0 unspecified atom stereocenters. The molecule has 11 nitrogen and oxygen atoms in total. The van der Waals surface area contributed by atoms with Gasteiger partial charge in [0.05, 0.1) is 33.3 Å². The van der Waals surface area contributed by atoms with Crippen LogP contribution in [0, 0.1) is 0 Å². The molecule has 13 heteroatoms. The first-order valence-corrected chi connectivity index (χ1v) is 17.8. The second kappa shape index (κ2) is 15.1. The molecule has 0 aliphatic heterocycles. The number of ether oxygens (including phenoxy) is 4. The maximum absolute atomic E-state index is 12.4. The molecular formula is C34H34O11S2. The molecule has 248 valence electrons. The molecule has 0 aliphatic carbocycles.